The summed E-state index contributed by atoms with van der Waals surface area (Å²) in [5.41, 5.74) is 9.79. The molecule has 0 aliphatic carbocycles. The number of hydrogen-bond acceptors (Lipinski definition) is 5. The maximum Gasteiger partial charge on any atom is 0.411 e. The molecule has 0 saturated heterocycles. The summed E-state index contributed by atoms with van der Waals surface area (Å²) in [4.78, 5) is 31.6. The summed E-state index contributed by atoms with van der Waals surface area (Å²) in [6, 6.07) is 4.94. The van der Waals surface area contributed by atoms with Gasteiger partial charge < -0.3 is 20.8 Å². The Morgan fingerprint density at radius 1 is 1.37 bits per heavy atom. The Bertz CT molecular complexity index is 887. The molecule has 5 N–H and O–H groups in total. The molecule has 1 aromatic carbocycles. The number of ether oxygens (including phenoxy) is 1. The van der Waals surface area contributed by atoms with Crippen molar-refractivity contribution in [3.63, 3.8) is 0 Å². The molecular formula is C19H23N5O3. The van der Waals surface area contributed by atoms with Crippen LogP contribution in [0.2, 0.25) is 0 Å². The van der Waals surface area contributed by atoms with E-state index in [2.05, 4.69) is 25.3 Å². The number of rotatable bonds is 1. The van der Waals surface area contributed by atoms with Crippen molar-refractivity contribution in [3.8, 4) is 11.3 Å². The van der Waals surface area contributed by atoms with E-state index in [4.69, 9.17) is 5.73 Å². The highest BCUT2D eigenvalue weighted by Crippen LogP contribution is 2.31. The Balaban J connectivity index is 2.01. The van der Waals surface area contributed by atoms with Crippen molar-refractivity contribution in [2.24, 2.45) is 5.73 Å². The Hall–Kier alpha value is -3.13. The van der Waals surface area contributed by atoms with Crippen molar-refractivity contribution in [2.45, 2.75) is 32.2 Å². The predicted octanol–water partition coefficient (Wildman–Crippen LogP) is 3.32. The lowest BCUT2D eigenvalue weighted by atomic mass is 10.1. The van der Waals surface area contributed by atoms with Gasteiger partial charge in [0, 0.05) is 23.9 Å². The van der Waals surface area contributed by atoms with Crippen molar-refractivity contribution in [3.05, 3.63) is 41.9 Å². The maximum atomic E-state index is 12.4. The Morgan fingerprint density at radius 2 is 2.19 bits per heavy atom. The first-order chi connectivity index (χ1) is 13.0. The van der Waals surface area contributed by atoms with E-state index in [1.807, 2.05) is 13.0 Å². The zero-order chi connectivity index (χ0) is 19.4. The zero-order valence-corrected chi connectivity index (χ0v) is 15.3. The topological polar surface area (TPSA) is 122 Å². The Morgan fingerprint density at radius 3 is 2.96 bits per heavy atom. The zero-order valence-electron chi connectivity index (χ0n) is 15.3. The number of nitrogens with one attached hydrogen (secondary N) is 3. The molecule has 1 atom stereocenters. The van der Waals surface area contributed by atoms with E-state index in [0.29, 0.717) is 42.2 Å². The number of nitrogens with two attached hydrogens (primary N) is 1. The normalized spacial score (nSPS) is 19.3. The van der Waals surface area contributed by atoms with E-state index in [1.165, 1.54) is 7.11 Å². The summed E-state index contributed by atoms with van der Waals surface area (Å²) < 4.78 is 4.62. The van der Waals surface area contributed by atoms with E-state index < -0.39 is 6.09 Å². The molecule has 1 unspecified atom stereocenters. The first-order valence-corrected chi connectivity index (χ1v) is 8.72. The molecule has 2 aromatic rings. The van der Waals surface area contributed by atoms with Crippen LogP contribution in [-0.2, 0) is 9.53 Å². The molecule has 3 rings (SSSR count). The predicted molar refractivity (Wildman–Crippen MR) is 103 cm³/mol. The Labute approximate surface area is 157 Å². The Kier molecular flexibility index (Phi) is 5.56. The summed E-state index contributed by atoms with van der Waals surface area (Å²) >= 11 is 0. The largest absolute Gasteiger partial charge is 0.453 e. The van der Waals surface area contributed by atoms with Gasteiger partial charge in [-0.1, -0.05) is 11.6 Å². The smallest absolute Gasteiger partial charge is 0.411 e. The molecule has 2 heterocycles. The van der Waals surface area contributed by atoms with Crippen molar-refractivity contribution in [1.29, 1.82) is 0 Å². The summed E-state index contributed by atoms with van der Waals surface area (Å²) in [6.07, 6.45) is 4.88. The number of aromatic nitrogens is 2. The molecule has 1 aliphatic rings. The fraction of sp³-hybridized carbons (Fsp3) is 0.316. The van der Waals surface area contributed by atoms with Crippen LogP contribution < -0.4 is 16.4 Å². The van der Waals surface area contributed by atoms with Crippen LogP contribution in [0.3, 0.4) is 0 Å². The van der Waals surface area contributed by atoms with Gasteiger partial charge in [-0.05, 0) is 38.0 Å². The molecule has 8 nitrogen and oxygen atoms in total. The molecule has 27 heavy (non-hydrogen) atoms. The number of benzene rings is 1. The molecule has 8 heteroatoms. The highest BCUT2D eigenvalue weighted by atomic mass is 16.5. The molecule has 0 radical (unpaired) electrons. The number of nitrogens with zero attached hydrogens (tertiary/aromatic N) is 1. The van der Waals surface area contributed by atoms with Crippen molar-refractivity contribution < 1.29 is 14.3 Å². The summed E-state index contributed by atoms with van der Waals surface area (Å²) in [5, 5.41) is 5.52. The van der Waals surface area contributed by atoms with Gasteiger partial charge in [0.15, 0.2) is 0 Å². The fourth-order valence-electron chi connectivity index (χ4n) is 2.85. The van der Waals surface area contributed by atoms with Crippen LogP contribution in [0.1, 0.15) is 38.1 Å². The molecule has 142 valence electrons. The van der Waals surface area contributed by atoms with Crippen LogP contribution >= 0.6 is 0 Å². The van der Waals surface area contributed by atoms with Crippen LogP contribution in [0, 0.1) is 0 Å². The van der Waals surface area contributed by atoms with Crippen LogP contribution in [0.4, 0.5) is 16.2 Å². The highest BCUT2D eigenvalue weighted by molar-refractivity contribution is 5.97. The van der Waals surface area contributed by atoms with Gasteiger partial charge in [-0.25, -0.2) is 9.78 Å². The molecule has 2 amide bonds. The number of amides is 2. The number of imidazole rings is 1. The number of allylic oxidation sites excluding steroid dienone is 1. The third-order valence-corrected chi connectivity index (χ3v) is 4.42. The minimum atomic E-state index is -0.584. The number of carbonyl (C=O) groups excluding carboxylic acids is 2. The first-order valence-electron chi connectivity index (χ1n) is 8.72. The minimum absolute atomic E-state index is 0.112. The number of H-pyrrole nitrogens is 1. The number of anilines is 2. The summed E-state index contributed by atoms with van der Waals surface area (Å²) in [6.45, 7) is 1.99. The minimum Gasteiger partial charge on any atom is -0.453 e. The van der Waals surface area contributed by atoms with Crippen LogP contribution in [0.25, 0.3) is 11.3 Å². The van der Waals surface area contributed by atoms with Gasteiger partial charge in [0.25, 0.3) is 0 Å². The third kappa shape index (κ3) is 4.53. The maximum absolute atomic E-state index is 12.4. The second kappa shape index (κ2) is 8.05. The molecule has 0 saturated carbocycles. The molecular weight excluding hydrogens is 346 g/mol. The number of aromatic amines is 1. The SMILES string of the molecule is COC(=O)Nc1ccc2c(c1)NC(=O)CC/C(C)=C\CC(N)c1nc-2c[nH]1. The molecule has 0 fully saturated rings. The lowest BCUT2D eigenvalue weighted by Gasteiger charge is -2.12. The summed E-state index contributed by atoms with van der Waals surface area (Å²) in [7, 11) is 1.29. The average Bonchev–Trinajstić information content (AvgIpc) is 3.14. The molecule has 1 aliphatic heterocycles. The molecule has 2 bridgehead atoms. The number of fused-ring (bicyclic) bond motifs is 4. The van der Waals surface area contributed by atoms with Gasteiger partial charge in [-0.15, -0.1) is 0 Å². The van der Waals surface area contributed by atoms with Gasteiger partial charge in [0.05, 0.1) is 24.5 Å². The quantitative estimate of drug-likeness (QED) is 0.574. The van der Waals surface area contributed by atoms with E-state index in [9.17, 15) is 9.59 Å². The van der Waals surface area contributed by atoms with Gasteiger partial charge in [-0.3, -0.25) is 10.1 Å². The van der Waals surface area contributed by atoms with Gasteiger partial charge >= 0.3 is 6.09 Å². The van der Waals surface area contributed by atoms with E-state index >= 15 is 0 Å². The lowest BCUT2D eigenvalue weighted by Crippen LogP contribution is -2.14. The van der Waals surface area contributed by atoms with E-state index in [1.54, 1.807) is 24.4 Å². The number of carbonyl (C=O) groups is 2. The van der Waals surface area contributed by atoms with Crippen LogP contribution in [0.15, 0.2) is 36.0 Å². The lowest BCUT2D eigenvalue weighted by molar-refractivity contribution is -0.116. The fourth-order valence-corrected chi connectivity index (χ4v) is 2.85. The van der Waals surface area contributed by atoms with Crippen molar-refractivity contribution in [1.82, 2.24) is 9.97 Å². The summed E-state index contributed by atoms with van der Waals surface area (Å²) in [5.74, 6) is 0.570. The van der Waals surface area contributed by atoms with Gasteiger partial charge in [-0.2, -0.15) is 0 Å². The van der Waals surface area contributed by atoms with Crippen molar-refractivity contribution in [2.75, 3.05) is 17.7 Å². The van der Waals surface area contributed by atoms with E-state index in [-0.39, 0.29) is 11.9 Å². The standard InChI is InChI=1S/C19H23N5O3/c1-11-3-7-14(20)18-21-10-16(24-18)13-6-5-12(22-19(26)27-2)9-15(13)23-17(25)8-4-11/h3,5-6,9-10,14H,4,7-8,20H2,1-2H3,(H,21,24)(H,22,26)(H,23,25)/b11-3-. The van der Waals surface area contributed by atoms with Crippen LogP contribution in [0.5, 0.6) is 0 Å². The second-order valence-corrected chi connectivity index (χ2v) is 6.49. The molecule has 1 aromatic heterocycles. The highest BCUT2D eigenvalue weighted by Gasteiger charge is 2.16. The number of hydrogen-bond donors (Lipinski definition) is 4. The second-order valence-electron chi connectivity index (χ2n) is 6.49. The third-order valence-electron chi connectivity index (χ3n) is 4.42. The average molecular weight is 369 g/mol. The van der Waals surface area contributed by atoms with Crippen molar-refractivity contribution >= 4 is 23.4 Å². The van der Waals surface area contributed by atoms with Gasteiger partial charge in [0.1, 0.15) is 5.82 Å². The molecule has 0 spiro atoms. The number of methoxy groups -OCH3 is 1. The van der Waals surface area contributed by atoms with E-state index in [0.717, 1.165) is 11.1 Å². The van der Waals surface area contributed by atoms with Gasteiger partial charge in [0.2, 0.25) is 5.91 Å². The van der Waals surface area contributed by atoms with Crippen LogP contribution in [-0.4, -0.2) is 29.1 Å². The first kappa shape index (κ1) is 18.7. The monoisotopic (exact) mass is 369 g/mol.